The van der Waals surface area contributed by atoms with Crippen LogP contribution in [0.15, 0.2) is 59.6 Å². The number of non-ortho nitro benzene ring substituents is 1. The summed E-state index contributed by atoms with van der Waals surface area (Å²) in [6.45, 7) is 3.15. The second-order valence-electron chi connectivity index (χ2n) is 7.19. The van der Waals surface area contributed by atoms with Crippen molar-refractivity contribution in [2.45, 2.75) is 0 Å². The van der Waals surface area contributed by atoms with E-state index in [9.17, 15) is 10.1 Å². The van der Waals surface area contributed by atoms with E-state index in [0.717, 1.165) is 42.5 Å². The van der Waals surface area contributed by atoms with Crippen molar-refractivity contribution in [3.63, 3.8) is 0 Å². The van der Waals surface area contributed by atoms with Gasteiger partial charge < -0.3 is 19.7 Å². The molecule has 160 valence electrons. The number of nitrogens with zero attached hydrogens (tertiary/aromatic N) is 3. The van der Waals surface area contributed by atoms with Crippen molar-refractivity contribution in [3.05, 3.63) is 70.3 Å². The highest BCUT2D eigenvalue weighted by atomic mass is 16.6. The van der Waals surface area contributed by atoms with Crippen molar-refractivity contribution in [1.29, 1.82) is 0 Å². The Morgan fingerprint density at radius 2 is 1.68 bits per heavy atom. The molecule has 1 heterocycles. The summed E-state index contributed by atoms with van der Waals surface area (Å²) >= 11 is 0. The van der Waals surface area contributed by atoms with E-state index in [0.29, 0.717) is 23.0 Å². The number of amidine groups is 1. The lowest BCUT2D eigenvalue weighted by Crippen LogP contribution is -2.46. The van der Waals surface area contributed by atoms with Gasteiger partial charge in [-0.1, -0.05) is 24.3 Å². The van der Waals surface area contributed by atoms with Gasteiger partial charge in [0.1, 0.15) is 23.0 Å². The molecule has 3 aromatic carbocycles. The fraction of sp³-hybridized carbons (Fsp3) is 0.261. The number of methoxy groups -OCH3 is 2. The summed E-state index contributed by atoms with van der Waals surface area (Å²) in [4.78, 5) is 18.0. The van der Waals surface area contributed by atoms with Crippen LogP contribution >= 0.6 is 0 Å². The molecule has 1 aliphatic rings. The van der Waals surface area contributed by atoms with Crippen LogP contribution in [-0.4, -0.2) is 56.1 Å². The lowest BCUT2D eigenvalue weighted by atomic mass is 10.0. The molecule has 31 heavy (non-hydrogen) atoms. The van der Waals surface area contributed by atoms with Crippen molar-refractivity contribution in [2.75, 3.05) is 40.4 Å². The molecule has 0 aliphatic carbocycles. The van der Waals surface area contributed by atoms with Gasteiger partial charge in [0, 0.05) is 38.3 Å². The van der Waals surface area contributed by atoms with Gasteiger partial charge in [-0.3, -0.25) is 10.1 Å². The van der Waals surface area contributed by atoms with E-state index in [1.807, 2.05) is 30.3 Å². The number of nitro benzene ring substituents is 1. The minimum Gasteiger partial charge on any atom is -0.496 e. The van der Waals surface area contributed by atoms with Crippen LogP contribution in [0.5, 0.6) is 11.5 Å². The SMILES string of the molecule is COc1ccc([N+](=O)[O-])cc1N=C(c1cc2ccccc2cc1OC)N1CCNCC1. The first-order chi connectivity index (χ1) is 15.1. The third-order valence-corrected chi connectivity index (χ3v) is 5.32. The summed E-state index contributed by atoms with van der Waals surface area (Å²) in [6.07, 6.45) is 0. The number of nitrogens with one attached hydrogen (secondary N) is 1. The van der Waals surface area contributed by atoms with Crippen molar-refractivity contribution < 1.29 is 14.4 Å². The first kappa shape index (κ1) is 20.6. The van der Waals surface area contributed by atoms with E-state index in [2.05, 4.69) is 16.3 Å². The Morgan fingerprint density at radius 3 is 2.32 bits per heavy atom. The monoisotopic (exact) mass is 420 g/mol. The highest BCUT2D eigenvalue weighted by molar-refractivity contribution is 6.06. The molecule has 0 amide bonds. The second-order valence-corrected chi connectivity index (χ2v) is 7.19. The number of fused-ring (bicyclic) bond motifs is 1. The fourth-order valence-corrected chi connectivity index (χ4v) is 3.73. The number of rotatable bonds is 5. The highest BCUT2D eigenvalue weighted by Crippen LogP contribution is 2.34. The molecule has 8 heteroatoms. The lowest BCUT2D eigenvalue weighted by Gasteiger charge is -2.31. The Hall–Kier alpha value is -3.65. The molecule has 4 rings (SSSR count). The Balaban J connectivity index is 1.93. The molecule has 0 bridgehead atoms. The topological polar surface area (TPSA) is 89.2 Å². The second kappa shape index (κ2) is 9.01. The molecule has 1 aliphatic heterocycles. The van der Waals surface area contributed by atoms with E-state index >= 15 is 0 Å². The summed E-state index contributed by atoms with van der Waals surface area (Å²) in [5.74, 6) is 1.86. The van der Waals surface area contributed by atoms with Crippen molar-refractivity contribution in [1.82, 2.24) is 10.2 Å². The van der Waals surface area contributed by atoms with Crippen LogP contribution in [0.25, 0.3) is 10.8 Å². The van der Waals surface area contributed by atoms with E-state index in [1.165, 1.54) is 19.2 Å². The van der Waals surface area contributed by atoms with E-state index in [4.69, 9.17) is 14.5 Å². The molecule has 0 spiro atoms. The number of hydrogen-bond acceptors (Lipinski definition) is 6. The van der Waals surface area contributed by atoms with Crippen molar-refractivity contribution in [3.8, 4) is 11.5 Å². The predicted molar refractivity (Wildman–Crippen MR) is 121 cm³/mol. The van der Waals surface area contributed by atoms with Gasteiger partial charge in [0.05, 0.1) is 24.7 Å². The van der Waals surface area contributed by atoms with Crippen molar-refractivity contribution in [2.24, 2.45) is 4.99 Å². The van der Waals surface area contributed by atoms with E-state index in [-0.39, 0.29) is 5.69 Å². The molecular formula is C23H24N4O4. The van der Waals surface area contributed by atoms with Crippen LogP contribution < -0.4 is 14.8 Å². The van der Waals surface area contributed by atoms with Gasteiger partial charge in [0.15, 0.2) is 0 Å². The van der Waals surface area contributed by atoms with Crippen LogP contribution in [0.2, 0.25) is 0 Å². The maximum atomic E-state index is 11.3. The summed E-state index contributed by atoms with van der Waals surface area (Å²) in [7, 11) is 3.16. The van der Waals surface area contributed by atoms with Gasteiger partial charge in [0.25, 0.3) is 5.69 Å². The Labute approximate surface area is 180 Å². The van der Waals surface area contributed by atoms with Crippen molar-refractivity contribution >= 4 is 28.0 Å². The first-order valence-electron chi connectivity index (χ1n) is 10.0. The Morgan fingerprint density at radius 1 is 1.00 bits per heavy atom. The number of piperazine rings is 1. The standard InChI is InChI=1S/C23H24N4O4/c1-30-21-8-7-18(27(28)29)15-20(21)25-23(26-11-9-24-10-12-26)19-13-16-5-3-4-6-17(16)14-22(19)31-2/h3-8,13-15,24H,9-12H2,1-2H3. The summed E-state index contributed by atoms with van der Waals surface area (Å²) in [5.41, 5.74) is 1.20. The molecule has 0 atom stereocenters. The fourth-order valence-electron chi connectivity index (χ4n) is 3.73. The lowest BCUT2D eigenvalue weighted by molar-refractivity contribution is -0.384. The minimum absolute atomic E-state index is 0.0373. The summed E-state index contributed by atoms with van der Waals surface area (Å²) in [6, 6.07) is 16.5. The van der Waals surface area contributed by atoms with Crippen LogP contribution in [0.4, 0.5) is 11.4 Å². The van der Waals surface area contributed by atoms with E-state index < -0.39 is 4.92 Å². The Kier molecular flexibility index (Phi) is 5.99. The molecule has 1 N–H and O–H groups in total. The molecular weight excluding hydrogens is 396 g/mol. The minimum atomic E-state index is -0.431. The number of nitro groups is 1. The van der Waals surface area contributed by atoms with Crippen LogP contribution in [0.3, 0.4) is 0 Å². The predicted octanol–water partition coefficient (Wildman–Crippen LogP) is 3.75. The summed E-state index contributed by atoms with van der Waals surface area (Å²) < 4.78 is 11.2. The Bertz CT molecular complexity index is 1140. The van der Waals surface area contributed by atoms with Gasteiger partial charge in [-0.05, 0) is 29.0 Å². The zero-order valence-corrected chi connectivity index (χ0v) is 17.5. The zero-order chi connectivity index (χ0) is 21.8. The van der Waals surface area contributed by atoms with Crippen LogP contribution in [0, 0.1) is 10.1 Å². The molecule has 0 aromatic heterocycles. The number of benzene rings is 3. The molecule has 1 fully saturated rings. The number of ether oxygens (including phenoxy) is 2. The quantitative estimate of drug-likeness (QED) is 0.293. The first-order valence-corrected chi connectivity index (χ1v) is 10.0. The van der Waals surface area contributed by atoms with Gasteiger partial charge in [-0.25, -0.2) is 4.99 Å². The maximum Gasteiger partial charge on any atom is 0.271 e. The molecule has 3 aromatic rings. The highest BCUT2D eigenvalue weighted by Gasteiger charge is 2.22. The van der Waals surface area contributed by atoms with Gasteiger partial charge in [0.2, 0.25) is 0 Å². The number of hydrogen-bond donors (Lipinski definition) is 1. The smallest absolute Gasteiger partial charge is 0.271 e. The third-order valence-electron chi connectivity index (χ3n) is 5.32. The summed E-state index contributed by atoms with van der Waals surface area (Å²) in [5, 5.41) is 16.8. The third kappa shape index (κ3) is 4.29. The van der Waals surface area contributed by atoms with Gasteiger partial charge in [-0.2, -0.15) is 0 Å². The molecule has 1 saturated heterocycles. The maximum absolute atomic E-state index is 11.3. The molecule has 0 unspecified atom stereocenters. The van der Waals surface area contributed by atoms with Crippen LogP contribution in [-0.2, 0) is 0 Å². The molecule has 0 saturated carbocycles. The van der Waals surface area contributed by atoms with Crippen LogP contribution in [0.1, 0.15) is 5.56 Å². The average molecular weight is 420 g/mol. The normalized spacial score (nSPS) is 14.5. The molecule has 8 nitrogen and oxygen atoms in total. The average Bonchev–Trinajstić information content (AvgIpc) is 2.82. The zero-order valence-electron chi connectivity index (χ0n) is 17.5. The van der Waals surface area contributed by atoms with E-state index in [1.54, 1.807) is 13.2 Å². The number of aliphatic imine (C=N–C) groups is 1. The largest absolute Gasteiger partial charge is 0.496 e. The van der Waals surface area contributed by atoms with Gasteiger partial charge >= 0.3 is 0 Å². The molecule has 0 radical (unpaired) electrons. The van der Waals surface area contributed by atoms with Gasteiger partial charge in [-0.15, -0.1) is 0 Å².